The first-order valence-electron chi connectivity index (χ1n) is 6.36. The average Bonchev–Trinajstić information content (AvgIpc) is 2.43. The third-order valence-electron chi connectivity index (χ3n) is 3.13. The lowest BCUT2D eigenvalue weighted by atomic mass is 10.1. The molecule has 0 unspecified atom stereocenters. The maximum Gasteiger partial charge on any atom is 0.129 e. The molecule has 0 amide bonds. The maximum atomic E-state index is 13.8. The fourth-order valence-electron chi connectivity index (χ4n) is 1.99. The fourth-order valence-corrected chi connectivity index (χ4v) is 2.35. The van der Waals surface area contributed by atoms with E-state index >= 15 is 0 Å². The molecule has 0 aliphatic heterocycles. The lowest BCUT2D eigenvalue weighted by Crippen LogP contribution is -2.10. The molecular weight excluding hydrogens is 353 g/mol. The van der Waals surface area contributed by atoms with Crippen molar-refractivity contribution in [3.63, 3.8) is 0 Å². The highest BCUT2D eigenvalue weighted by atomic mass is 79.9. The van der Waals surface area contributed by atoms with Crippen LogP contribution in [0.4, 0.5) is 4.39 Å². The van der Waals surface area contributed by atoms with Gasteiger partial charge in [-0.1, -0.05) is 28.1 Å². The van der Waals surface area contributed by atoms with Crippen molar-refractivity contribution in [2.75, 3.05) is 0 Å². The van der Waals surface area contributed by atoms with Crippen LogP contribution in [0.25, 0.3) is 0 Å². The third-order valence-corrected chi connectivity index (χ3v) is 4.62. The summed E-state index contributed by atoms with van der Waals surface area (Å²) in [6, 6.07) is 8.36. The van der Waals surface area contributed by atoms with Gasteiger partial charge in [-0.3, -0.25) is 0 Å². The standard InChI is InChI=1S/C16H15BrFNOS/c1-9-5-13(6-10(2)15(9)17)20-8-12-7-11(16(19)21)3-4-14(12)18/h3-7H,8H2,1-2H3,(H2,19,21). The smallest absolute Gasteiger partial charge is 0.129 e. The average molecular weight is 368 g/mol. The van der Waals surface area contributed by atoms with E-state index in [4.69, 9.17) is 22.7 Å². The normalized spacial score (nSPS) is 10.5. The van der Waals surface area contributed by atoms with Crippen molar-refractivity contribution in [2.45, 2.75) is 20.5 Å². The topological polar surface area (TPSA) is 35.2 Å². The Kier molecular flexibility index (Phi) is 4.96. The largest absolute Gasteiger partial charge is 0.489 e. The van der Waals surface area contributed by atoms with Gasteiger partial charge in [0, 0.05) is 15.6 Å². The molecule has 2 rings (SSSR count). The Morgan fingerprint density at radius 2 is 1.86 bits per heavy atom. The molecule has 0 fully saturated rings. The maximum absolute atomic E-state index is 13.8. The Bertz CT molecular complexity index is 680. The third kappa shape index (κ3) is 3.80. The number of thiocarbonyl (C=S) groups is 1. The summed E-state index contributed by atoms with van der Waals surface area (Å²) in [4.78, 5) is 0.242. The van der Waals surface area contributed by atoms with Crippen molar-refractivity contribution in [3.05, 3.63) is 62.9 Å². The zero-order chi connectivity index (χ0) is 15.6. The molecule has 0 aliphatic carbocycles. The van der Waals surface area contributed by atoms with Gasteiger partial charge in [-0.15, -0.1) is 0 Å². The van der Waals surface area contributed by atoms with Gasteiger partial charge in [0.1, 0.15) is 23.2 Å². The molecule has 0 spiro atoms. The number of ether oxygens (including phenoxy) is 1. The number of nitrogens with two attached hydrogens (primary N) is 1. The minimum absolute atomic E-state index is 0.128. The van der Waals surface area contributed by atoms with E-state index in [0.717, 1.165) is 15.6 Å². The van der Waals surface area contributed by atoms with E-state index in [9.17, 15) is 4.39 Å². The van der Waals surface area contributed by atoms with Crippen molar-refractivity contribution in [1.82, 2.24) is 0 Å². The molecule has 2 aromatic rings. The van der Waals surface area contributed by atoms with Gasteiger partial charge >= 0.3 is 0 Å². The molecule has 2 N–H and O–H groups in total. The summed E-state index contributed by atoms with van der Waals surface area (Å²) in [7, 11) is 0. The van der Waals surface area contributed by atoms with E-state index < -0.39 is 0 Å². The SMILES string of the molecule is Cc1cc(OCc2cc(C(N)=S)ccc2F)cc(C)c1Br. The minimum atomic E-state index is -0.333. The minimum Gasteiger partial charge on any atom is -0.489 e. The van der Waals surface area contributed by atoms with Crippen LogP contribution in [-0.4, -0.2) is 4.99 Å². The van der Waals surface area contributed by atoms with Crippen LogP contribution in [0.15, 0.2) is 34.8 Å². The van der Waals surface area contributed by atoms with Gasteiger partial charge in [-0.2, -0.15) is 0 Å². The first kappa shape index (κ1) is 15.9. The first-order chi connectivity index (χ1) is 9.88. The van der Waals surface area contributed by atoms with Crippen LogP contribution in [0.3, 0.4) is 0 Å². The molecule has 0 heterocycles. The van der Waals surface area contributed by atoms with Gasteiger partial charge in [-0.05, 0) is 55.3 Å². The molecule has 21 heavy (non-hydrogen) atoms. The van der Waals surface area contributed by atoms with Crippen LogP contribution in [0, 0.1) is 19.7 Å². The fraction of sp³-hybridized carbons (Fsp3) is 0.188. The molecule has 0 aliphatic rings. The van der Waals surface area contributed by atoms with E-state index in [0.29, 0.717) is 16.9 Å². The van der Waals surface area contributed by atoms with Gasteiger partial charge in [-0.25, -0.2) is 4.39 Å². The predicted molar refractivity (Wildman–Crippen MR) is 90.2 cm³/mol. The van der Waals surface area contributed by atoms with Crippen LogP contribution in [-0.2, 0) is 6.61 Å². The first-order valence-corrected chi connectivity index (χ1v) is 7.56. The number of hydrogen-bond acceptors (Lipinski definition) is 2. The zero-order valence-corrected chi connectivity index (χ0v) is 14.1. The highest BCUT2D eigenvalue weighted by Crippen LogP contribution is 2.27. The Balaban J connectivity index is 2.20. The molecule has 0 saturated heterocycles. The van der Waals surface area contributed by atoms with Gasteiger partial charge < -0.3 is 10.5 Å². The van der Waals surface area contributed by atoms with Crippen molar-refractivity contribution in [3.8, 4) is 5.75 Å². The van der Waals surface area contributed by atoms with Gasteiger partial charge in [0.25, 0.3) is 0 Å². The Labute approximate surface area is 137 Å². The quantitative estimate of drug-likeness (QED) is 0.812. The second kappa shape index (κ2) is 6.54. The van der Waals surface area contributed by atoms with E-state index in [1.165, 1.54) is 6.07 Å². The molecule has 110 valence electrons. The van der Waals surface area contributed by atoms with Crippen LogP contribution in [0.2, 0.25) is 0 Å². The highest BCUT2D eigenvalue weighted by molar-refractivity contribution is 9.10. The lowest BCUT2D eigenvalue weighted by Gasteiger charge is -2.11. The molecule has 0 aromatic heterocycles. The van der Waals surface area contributed by atoms with Crippen LogP contribution < -0.4 is 10.5 Å². The van der Waals surface area contributed by atoms with Crippen molar-refractivity contribution in [1.29, 1.82) is 0 Å². The summed E-state index contributed by atoms with van der Waals surface area (Å²) in [5, 5.41) is 0. The number of benzene rings is 2. The van der Waals surface area contributed by atoms with Crippen LogP contribution in [0.5, 0.6) is 5.75 Å². The number of aryl methyl sites for hydroxylation is 2. The summed E-state index contributed by atoms with van der Waals surface area (Å²) in [6.45, 7) is 4.10. The van der Waals surface area contributed by atoms with Crippen molar-refractivity contribution >= 4 is 33.1 Å². The summed E-state index contributed by atoms with van der Waals surface area (Å²) in [5.74, 6) is 0.369. The van der Waals surface area contributed by atoms with E-state index in [1.54, 1.807) is 12.1 Å². The van der Waals surface area contributed by atoms with Gasteiger partial charge in [0.05, 0.1) is 0 Å². The molecule has 5 heteroatoms. The van der Waals surface area contributed by atoms with Crippen molar-refractivity contribution in [2.24, 2.45) is 5.73 Å². The molecular formula is C16H15BrFNOS. The molecule has 2 aromatic carbocycles. The summed E-state index contributed by atoms with van der Waals surface area (Å²) in [6.07, 6.45) is 0. The summed E-state index contributed by atoms with van der Waals surface area (Å²) >= 11 is 8.40. The zero-order valence-electron chi connectivity index (χ0n) is 11.7. The Morgan fingerprint density at radius 1 is 1.24 bits per heavy atom. The monoisotopic (exact) mass is 367 g/mol. The molecule has 0 saturated carbocycles. The number of rotatable bonds is 4. The molecule has 0 bridgehead atoms. The number of hydrogen-bond donors (Lipinski definition) is 1. The summed E-state index contributed by atoms with van der Waals surface area (Å²) in [5.41, 5.74) is 8.76. The molecule has 0 radical (unpaired) electrons. The van der Waals surface area contributed by atoms with E-state index in [1.807, 2.05) is 26.0 Å². The van der Waals surface area contributed by atoms with Gasteiger partial charge in [0.2, 0.25) is 0 Å². The molecule has 0 atom stereocenters. The van der Waals surface area contributed by atoms with Crippen LogP contribution >= 0.6 is 28.1 Å². The second-order valence-electron chi connectivity index (χ2n) is 4.83. The molecule has 2 nitrogen and oxygen atoms in total. The van der Waals surface area contributed by atoms with E-state index in [-0.39, 0.29) is 17.4 Å². The lowest BCUT2D eigenvalue weighted by molar-refractivity contribution is 0.299. The second-order valence-corrected chi connectivity index (χ2v) is 6.06. The van der Waals surface area contributed by atoms with E-state index in [2.05, 4.69) is 15.9 Å². The van der Waals surface area contributed by atoms with Crippen LogP contribution in [0.1, 0.15) is 22.3 Å². The predicted octanol–water partition coefficient (Wildman–Crippen LogP) is 4.42. The highest BCUT2D eigenvalue weighted by Gasteiger charge is 2.08. The Hall–Kier alpha value is -1.46. The Morgan fingerprint density at radius 3 is 2.43 bits per heavy atom. The van der Waals surface area contributed by atoms with Gasteiger partial charge in [0.15, 0.2) is 0 Å². The number of halogens is 2. The van der Waals surface area contributed by atoms with Crippen molar-refractivity contribution < 1.29 is 9.13 Å². The summed E-state index contributed by atoms with van der Waals surface area (Å²) < 4.78 is 20.5.